The van der Waals surface area contributed by atoms with E-state index in [4.69, 9.17) is 0 Å². The van der Waals surface area contributed by atoms with E-state index in [9.17, 15) is 0 Å². The molecule has 2 heterocycles. The van der Waals surface area contributed by atoms with Crippen LogP contribution < -0.4 is 0 Å². The summed E-state index contributed by atoms with van der Waals surface area (Å²) in [6, 6.07) is 93.8. The maximum absolute atomic E-state index is 2.49. The van der Waals surface area contributed by atoms with E-state index in [0.29, 0.717) is 0 Å². The van der Waals surface area contributed by atoms with Gasteiger partial charge in [0.1, 0.15) is 0 Å². The molecule has 0 spiro atoms. The lowest BCUT2D eigenvalue weighted by Crippen LogP contribution is -2.05. The number of aromatic nitrogens is 2. The molecule has 0 aliphatic carbocycles. The average molecular weight is 823 g/mol. The largest absolute Gasteiger partial charge is 0.309 e. The van der Waals surface area contributed by atoms with Gasteiger partial charge in [-0.25, -0.2) is 0 Å². The summed E-state index contributed by atoms with van der Waals surface area (Å²) in [5.41, 5.74) is 11.9. The van der Waals surface area contributed by atoms with Crippen LogP contribution in [0.25, 0.3) is 77.2 Å². The van der Waals surface area contributed by atoms with Crippen LogP contribution in [0.5, 0.6) is 0 Å². The first-order valence-corrected chi connectivity index (χ1v) is 23.2. The number of para-hydroxylation sites is 1. The van der Waals surface area contributed by atoms with Crippen LogP contribution >= 0.6 is 10.0 Å². The molecule has 10 aromatic carbocycles. The van der Waals surface area contributed by atoms with Crippen molar-refractivity contribution in [1.29, 1.82) is 0 Å². The zero-order chi connectivity index (χ0) is 41.7. The molecule has 0 bridgehead atoms. The Balaban J connectivity index is 1.10. The van der Waals surface area contributed by atoms with Crippen LogP contribution in [0.15, 0.2) is 274 Å². The van der Waals surface area contributed by atoms with Gasteiger partial charge in [-0.05, 0) is 119 Å². The van der Waals surface area contributed by atoms with Gasteiger partial charge >= 0.3 is 0 Å². The minimum atomic E-state index is -1.87. The van der Waals surface area contributed by atoms with Gasteiger partial charge in [0, 0.05) is 52.5 Å². The normalized spacial score (nSPS) is 12.1. The Labute approximate surface area is 368 Å². The second-order valence-electron chi connectivity index (χ2n) is 16.1. The molecule has 0 saturated heterocycles. The smallest absolute Gasteiger partial charge is 0.0547 e. The Morgan fingerprint density at radius 2 is 0.714 bits per heavy atom. The SMILES string of the molecule is c1ccc(-c2ccc(-n3c4ccc(-n5c6ccccc6c6cc(S(c7ccccc7)(c7ccccc7)c7ccccc7)ccc65)cc4c4c(-c5ccccc5)cccc43)cc2)cc1. The van der Waals surface area contributed by atoms with Gasteiger partial charge in [0.15, 0.2) is 0 Å². The Morgan fingerprint density at radius 1 is 0.254 bits per heavy atom. The second kappa shape index (κ2) is 15.3. The van der Waals surface area contributed by atoms with Gasteiger partial charge in [-0.15, -0.1) is 10.0 Å². The molecule has 298 valence electrons. The van der Waals surface area contributed by atoms with E-state index >= 15 is 0 Å². The first-order valence-electron chi connectivity index (χ1n) is 21.6. The Kier molecular flexibility index (Phi) is 8.95. The third-order valence-corrected chi connectivity index (χ3v) is 16.5. The van der Waals surface area contributed by atoms with Crippen molar-refractivity contribution in [3.63, 3.8) is 0 Å². The summed E-state index contributed by atoms with van der Waals surface area (Å²) in [5, 5.41) is 4.95. The Hall–Kier alpha value is -7.85. The van der Waals surface area contributed by atoms with Gasteiger partial charge in [0.25, 0.3) is 0 Å². The Morgan fingerprint density at radius 3 is 1.35 bits per heavy atom. The average Bonchev–Trinajstić information content (AvgIpc) is 3.88. The van der Waals surface area contributed by atoms with Gasteiger partial charge in [-0.1, -0.05) is 158 Å². The molecule has 12 rings (SSSR count). The maximum atomic E-state index is 2.49. The molecule has 3 heteroatoms. The molecule has 2 aromatic heterocycles. The highest BCUT2D eigenvalue weighted by atomic mass is 32.3. The van der Waals surface area contributed by atoms with E-state index in [-0.39, 0.29) is 0 Å². The van der Waals surface area contributed by atoms with E-state index in [1.54, 1.807) is 0 Å². The number of fused-ring (bicyclic) bond motifs is 6. The first kappa shape index (κ1) is 37.0. The van der Waals surface area contributed by atoms with Crippen molar-refractivity contribution in [2.24, 2.45) is 0 Å². The van der Waals surface area contributed by atoms with E-state index in [2.05, 4.69) is 264 Å². The highest BCUT2D eigenvalue weighted by Crippen LogP contribution is 2.73. The van der Waals surface area contributed by atoms with Gasteiger partial charge < -0.3 is 9.13 Å². The minimum absolute atomic E-state index is 1.13. The van der Waals surface area contributed by atoms with Crippen LogP contribution in [0.3, 0.4) is 0 Å². The zero-order valence-electron chi connectivity index (χ0n) is 34.6. The summed E-state index contributed by atoms with van der Waals surface area (Å²) < 4.78 is 4.91. The van der Waals surface area contributed by atoms with Gasteiger partial charge in [-0.3, -0.25) is 0 Å². The second-order valence-corrected chi connectivity index (χ2v) is 19.2. The van der Waals surface area contributed by atoms with Crippen LogP contribution in [-0.2, 0) is 0 Å². The summed E-state index contributed by atoms with van der Waals surface area (Å²) in [5.74, 6) is 0. The molecule has 0 aliphatic heterocycles. The van der Waals surface area contributed by atoms with Crippen molar-refractivity contribution in [3.8, 4) is 33.6 Å². The van der Waals surface area contributed by atoms with Crippen LogP contribution in [0, 0.1) is 0 Å². The summed E-state index contributed by atoms with van der Waals surface area (Å²) in [6.07, 6.45) is 0. The number of nitrogens with zero attached hydrogens (tertiary/aromatic N) is 2. The van der Waals surface area contributed by atoms with Crippen molar-refractivity contribution in [1.82, 2.24) is 9.13 Å². The lowest BCUT2D eigenvalue weighted by molar-refractivity contribution is 1.16. The molecule has 12 aromatic rings. The van der Waals surface area contributed by atoms with Crippen LogP contribution in [-0.4, -0.2) is 9.13 Å². The highest BCUT2D eigenvalue weighted by molar-refractivity contribution is 8.34. The molecule has 0 unspecified atom stereocenters. The molecule has 0 radical (unpaired) electrons. The van der Waals surface area contributed by atoms with E-state index in [1.165, 1.54) is 85.4 Å². The maximum Gasteiger partial charge on any atom is 0.0547 e. The highest BCUT2D eigenvalue weighted by Gasteiger charge is 2.34. The lowest BCUT2D eigenvalue weighted by Gasteiger charge is -2.42. The fourth-order valence-corrected chi connectivity index (χ4v) is 13.8. The Bertz CT molecular complexity index is 3480. The topological polar surface area (TPSA) is 9.86 Å². The van der Waals surface area contributed by atoms with E-state index in [0.717, 1.165) is 11.4 Å². The molecule has 0 aliphatic rings. The summed E-state index contributed by atoms with van der Waals surface area (Å²) in [6.45, 7) is 0. The van der Waals surface area contributed by atoms with Gasteiger partial charge in [-0.2, -0.15) is 0 Å². The third-order valence-electron chi connectivity index (χ3n) is 12.6. The molecule has 0 N–H and O–H groups in total. The number of benzene rings is 10. The molecule has 0 amide bonds. The van der Waals surface area contributed by atoms with E-state index in [1.807, 2.05) is 0 Å². The van der Waals surface area contributed by atoms with Crippen molar-refractivity contribution in [2.45, 2.75) is 19.6 Å². The molecule has 0 atom stereocenters. The molecule has 0 fully saturated rings. The quantitative estimate of drug-likeness (QED) is 0.144. The van der Waals surface area contributed by atoms with Crippen molar-refractivity contribution < 1.29 is 0 Å². The fraction of sp³-hybridized carbons (Fsp3) is 0. The van der Waals surface area contributed by atoms with Crippen LogP contribution in [0.1, 0.15) is 0 Å². The predicted octanol–water partition coefficient (Wildman–Crippen LogP) is 16.6. The summed E-state index contributed by atoms with van der Waals surface area (Å²) in [4.78, 5) is 5.26. The zero-order valence-corrected chi connectivity index (χ0v) is 35.4. The fourth-order valence-electron chi connectivity index (χ4n) is 9.88. The minimum Gasteiger partial charge on any atom is -0.309 e. The van der Waals surface area contributed by atoms with Gasteiger partial charge in [0.05, 0.1) is 22.1 Å². The van der Waals surface area contributed by atoms with Crippen LogP contribution in [0.4, 0.5) is 0 Å². The number of hydrogen-bond donors (Lipinski definition) is 0. The first-order chi connectivity index (χ1) is 31.3. The number of hydrogen-bond acceptors (Lipinski definition) is 0. The van der Waals surface area contributed by atoms with Crippen molar-refractivity contribution in [2.75, 3.05) is 0 Å². The standard InChI is InChI=1S/C60H42N2S/c1-6-19-43(20-7-1)44-33-35-46(36-34-44)61-58-39-37-47(41-55(58)60-52(30-18-32-59(60)61)45-21-8-2-9-22-45)62-56-31-17-16-29-53(56)54-42-51(38-40-57(54)62)63(48-23-10-3-11-24-48,49-25-12-4-13-26-49)50-27-14-5-15-28-50/h1-42H. The van der Waals surface area contributed by atoms with E-state index < -0.39 is 10.0 Å². The van der Waals surface area contributed by atoms with Crippen molar-refractivity contribution in [3.05, 3.63) is 255 Å². The van der Waals surface area contributed by atoms with Gasteiger partial charge in [0.2, 0.25) is 0 Å². The van der Waals surface area contributed by atoms with Crippen LogP contribution in [0.2, 0.25) is 0 Å². The molecule has 63 heavy (non-hydrogen) atoms. The lowest BCUT2D eigenvalue weighted by atomic mass is 9.99. The summed E-state index contributed by atoms with van der Waals surface area (Å²) >= 11 is 0. The molecule has 2 nitrogen and oxygen atoms in total. The summed E-state index contributed by atoms with van der Waals surface area (Å²) in [7, 11) is -1.87. The molecular formula is C60H42N2S. The monoisotopic (exact) mass is 822 g/mol. The third kappa shape index (κ3) is 5.96. The predicted molar refractivity (Wildman–Crippen MR) is 266 cm³/mol. The van der Waals surface area contributed by atoms with Crippen molar-refractivity contribution >= 4 is 53.6 Å². The molecular weight excluding hydrogens is 781 g/mol. The number of rotatable bonds is 8. The molecule has 0 saturated carbocycles.